The van der Waals surface area contributed by atoms with E-state index in [1.54, 1.807) is 21.6 Å². The fourth-order valence-electron chi connectivity index (χ4n) is 3.92. The highest BCUT2D eigenvalue weighted by Crippen LogP contribution is 2.35. The molecule has 2 aromatic carbocycles. The monoisotopic (exact) mass is 530 g/mol. The number of benzene rings is 2. The Kier molecular flexibility index (Phi) is 7.13. The normalized spacial score (nSPS) is 14.2. The topological polar surface area (TPSA) is 60.2 Å². The van der Waals surface area contributed by atoms with Gasteiger partial charge in [-0.05, 0) is 41.3 Å². The Morgan fingerprint density at radius 1 is 1.03 bits per heavy atom. The summed E-state index contributed by atoms with van der Waals surface area (Å²) in [6.45, 7) is 2.09. The first kappa shape index (κ1) is 24.5. The Morgan fingerprint density at radius 3 is 2.58 bits per heavy atom. The van der Waals surface area contributed by atoms with Crippen molar-refractivity contribution in [3.05, 3.63) is 82.7 Å². The predicted octanol–water partition coefficient (Wildman–Crippen LogP) is 5.78. The summed E-state index contributed by atoms with van der Waals surface area (Å²) in [6.07, 6.45) is -4.47. The minimum atomic E-state index is -4.47. The van der Waals surface area contributed by atoms with Crippen LogP contribution < -0.4 is 0 Å². The molecule has 4 aromatic rings. The number of rotatable bonds is 6. The molecule has 186 valence electrons. The van der Waals surface area contributed by atoms with Gasteiger partial charge in [-0.25, -0.2) is 0 Å². The Morgan fingerprint density at radius 2 is 1.83 bits per heavy atom. The van der Waals surface area contributed by atoms with Crippen molar-refractivity contribution in [3.63, 3.8) is 0 Å². The van der Waals surface area contributed by atoms with Crippen LogP contribution in [-0.4, -0.2) is 51.9 Å². The van der Waals surface area contributed by atoms with Gasteiger partial charge < -0.3 is 9.64 Å². The molecule has 2 aromatic heterocycles. The van der Waals surface area contributed by atoms with E-state index in [-0.39, 0.29) is 5.91 Å². The third-order valence-electron chi connectivity index (χ3n) is 5.71. The quantitative estimate of drug-likeness (QED) is 0.296. The third-order valence-corrected chi connectivity index (χ3v) is 7.55. The lowest BCUT2D eigenvalue weighted by molar-refractivity contribution is -0.137. The maximum Gasteiger partial charge on any atom is 0.416 e. The second-order valence-electron chi connectivity index (χ2n) is 8.02. The molecule has 0 atom stereocenters. The van der Waals surface area contributed by atoms with E-state index in [2.05, 4.69) is 10.2 Å². The molecule has 0 bridgehead atoms. The molecule has 1 fully saturated rings. The van der Waals surface area contributed by atoms with E-state index in [9.17, 15) is 18.0 Å². The van der Waals surface area contributed by atoms with Crippen LogP contribution in [0.3, 0.4) is 0 Å². The lowest BCUT2D eigenvalue weighted by atomic mass is 10.1. The van der Waals surface area contributed by atoms with E-state index in [0.717, 1.165) is 22.6 Å². The molecule has 0 saturated carbocycles. The molecular weight excluding hydrogens is 509 g/mol. The van der Waals surface area contributed by atoms with E-state index in [1.807, 2.05) is 35.7 Å². The van der Waals surface area contributed by atoms with Crippen LogP contribution in [0.15, 0.2) is 71.2 Å². The molecule has 6 nitrogen and oxygen atoms in total. The number of nitrogens with zero attached hydrogens (tertiary/aromatic N) is 4. The Bertz CT molecular complexity index is 1350. The van der Waals surface area contributed by atoms with E-state index >= 15 is 0 Å². The zero-order valence-electron chi connectivity index (χ0n) is 18.9. The van der Waals surface area contributed by atoms with Crippen molar-refractivity contribution < 1.29 is 22.7 Å². The number of ether oxygens (including phenoxy) is 1. The number of aromatic nitrogens is 3. The van der Waals surface area contributed by atoms with Crippen molar-refractivity contribution in [1.82, 2.24) is 19.7 Å². The van der Waals surface area contributed by atoms with E-state index in [4.69, 9.17) is 4.74 Å². The molecule has 0 radical (unpaired) electrons. The molecule has 1 amide bonds. The minimum Gasteiger partial charge on any atom is -0.378 e. The first-order valence-electron chi connectivity index (χ1n) is 11.2. The molecule has 0 N–H and O–H groups in total. The van der Waals surface area contributed by atoms with Crippen molar-refractivity contribution in [2.75, 3.05) is 26.3 Å². The summed E-state index contributed by atoms with van der Waals surface area (Å²) in [5, 5.41) is 10.9. The van der Waals surface area contributed by atoms with Crippen molar-refractivity contribution in [1.29, 1.82) is 0 Å². The molecule has 0 aliphatic carbocycles. The van der Waals surface area contributed by atoms with Crippen LogP contribution in [0, 0.1) is 0 Å². The summed E-state index contributed by atoms with van der Waals surface area (Å²) >= 11 is 2.75. The molecule has 11 heteroatoms. The van der Waals surface area contributed by atoms with Crippen LogP contribution in [0.4, 0.5) is 13.2 Å². The second-order valence-corrected chi connectivity index (χ2v) is 9.91. The van der Waals surface area contributed by atoms with Gasteiger partial charge in [0.05, 0.1) is 29.3 Å². The Hall–Kier alpha value is -3.15. The predicted molar refractivity (Wildman–Crippen MR) is 132 cm³/mol. The number of carbonyl (C=O) groups is 1. The van der Waals surface area contributed by atoms with Gasteiger partial charge in [-0.2, -0.15) is 13.2 Å². The van der Waals surface area contributed by atoms with Crippen molar-refractivity contribution in [3.8, 4) is 16.4 Å². The van der Waals surface area contributed by atoms with Crippen LogP contribution >= 0.6 is 23.1 Å². The maximum atomic E-state index is 13.4. The Balaban J connectivity index is 1.48. The first-order valence-corrected chi connectivity index (χ1v) is 13.0. The average molecular weight is 531 g/mol. The van der Waals surface area contributed by atoms with Gasteiger partial charge in [0, 0.05) is 24.4 Å². The number of morpholine rings is 1. The standard InChI is InChI=1S/C25H21F3N4O2S2/c26-25(27,28)18-6-3-7-19(15-18)32-22(21-9-4-14-35-21)29-30-24(32)36-16-17-5-1-2-8-20(17)23(33)31-10-12-34-13-11-31/h1-9,14-15H,10-13,16H2. The smallest absolute Gasteiger partial charge is 0.378 e. The number of hydrogen-bond donors (Lipinski definition) is 0. The number of thiophene rings is 1. The SMILES string of the molecule is O=C(c1ccccc1CSc1nnc(-c2cccs2)n1-c1cccc(C(F)(F)F)c1)N1CCOCC1. The van der Waals surface area contributed by atoms with Gasteiger partial charge in [-0.1, -0.05) is 42.1 Å². The molecule has 1 saturated heterocycles. The summed E-state index contributed by atoms with van der Waals surface area (Å²) in [4.78, 5) is 15.7. The largest absolute Gasteiger partial charge is 0.416 e. The van der Waals surface area contributed by atoms with Gasteiger partial charge >= 0.3 is 6.18 Å². The number of hydrogen-bond acceptors (Lipinski definition) is 6. The van der Waals surface area contributed by atoms with Gasteiger partial charge in [0.25, 0.3) is 5.91 Å². The van der Waals surface area contributed by atoms with Gasteiger partial charge in [-0.15, -0.1) is 21.5 Å². The molecule has 1 aliphatic heterocycles. The zero-order valence-corrected chi connectivity index (χ0v) is 20.6. The fourth-order valence-corrected chi connectivity index (χ4v) is 5.57. The lowest BCUT2D eigenvalue weighted by Crippen LogP contribution is -2.41. The van der Waals surface area contributed by atoms with Gasteiger partial charge in [-0.3, -0.25) is 9.36 Å². The first-order chi connectivity index (χ1) is 17.4. The summed E-state index contributed by atoms with van der Waals surface area (Å²) in [5.74, 6) is 0.797. The molecule has 0 spiro atoms. The van der Waals surface area contributed by atoms with Gasteiger partial charge in [0.2, 0.25) is 0 Å². The zero-order chi connectivity index (χ0) is 25.1. The second kappa shape index (κ2) is 10.5. The molecule has 3 heterocycles. The third kappa shape index (κ3) is 5.18. The molecule has 5 rings (SSSR count). The number of amides is 1. The Labute approximate surface area is 213 Å². The van der Waals surface area contributed by atoms with Crippen molar-refractivity contribution in [2.24, 2.45) is 0 Å². The van der Waals surface area contributed by atoms with E-state index in [0.29, 0.717) is 54.3 Å². The molecule has 0 unspecified atom stereocenters. The number of halogens is 3. The van der Waals surface area contributed by atoms with Crippen molar-refractivity contribution >= 4 is 29.0 Å². The summed E-state index contributed by atoms with van der Waals surface area (Å²) in [6, 6.07) is 16.2. The van der Waals surface area contributed by atoms with Crippen LogP contribution in [0.2, 0.25) is 0 Å². The highest BCUT2D eigenvalue weighted by molar-refractivity contribution is 7.98. The molecule has 1 aliphatic rings. The summed E-state index contributed by atoms with van der Waals surface area (Å²) in [7, 11) is 0. The average Bonchev–Trinajstić information content (AvgIpc) is 3.57. The summed E-state index contributed by atoms with van der Waals surface area (Å²) < 4.78 is 47.3. The maximum absolute atomic E-state index is 13.4. The van der Waals surface area contributed by atoms with Crippen LogP contribution in [0.5, 0.6) is 0 Å². The van der Waals surface area contributed by atoms with Crippen molar-refractivity contribution in [2.45, 2.75) is 17.1 Å². The van der Waals surface area contributed by atoms with E-state index in [1.165, 1.54) is 29.2 Å². The number of carbonyl (C=O) groups excluding carboxylic acids is 1. The number of thioether (sulfide) groups is 1. The van der Waals surface area contributed by atoms with Crippen LogP contribution in [-0.2, 0) is 16.7 Å². The molecule has 36 heavy (non-hydrogen) atoms. The molecular formula is C25H21F3N4O2S2. The van der Waals surface area contributed by atoms with Gasteiger partial charge in [0.15, 0.2) is 11.0 Å². The lowest BCUT2D eigenvalue weighted by Gasteiger charge is -2.27. The number of alkyl halides is 3. The highest BCUT2D eigenvalue weighted by atomic mass is 32.2. The highest BCUT2D eigenvalue weighted by Gasteiger charge is 2.31. The summed E-state index contributed by atoms with van der Waals surface area (Å²) in [5.41, 5.74) is 0.979. The fraction of sp³-hybridized carbons (Fsp3) is 0.240. The van der Waals surface area contributed by atoms with Crippen LogP contribution in [0.1, 0.15) is 21.5 Å². The van der Waals surface area contributed by atoms with Gasteiger partial charge in [0.1, 0.15) is 0 Å². The minimum absolute atomic E-state index is 0.0619. The van der Waals surface area contributed by atoms with E-state index < -0.39 is 11.7 Å². The van der Waals surface area contributed by atoms with Crippen LogP contribution in [0.25, 0.3) is 16.4 Å².